The van der Waals surface area contributed by atoms with Crippen LogP contribution < -0.4 is 10.1 Å². The fourth-order valence-corrected chi connectivity index (χ4v) is 3.39. The summed E-state index contributed by atoms with van der Waals surface area (Å²) in [7, 11) is 0. The molecular weight excluding hydrogens is 418 g/mol. The summed E-state index contributed by atoms with van der Waals surface area (Å²) in [5, 5.41) is 29.1. The lowest BCUT2D eigenvalue weighted by molar-refractivity contribution is -0.386. The van der Waals surface area contributed by atoms with Crippen molar-refractivity contribution in [2.24, 2.45) is 0 Å². The van der Waals surface area contributed by atoms with Crippen LogP contribution in [0.4, 0.5) is 17.1 Å². The van der Waals surface area contributed by atoms with Crippen LogP contribution in [0.1, 0.15) is 22.5 Å². The fraction of sp³-hybridized carbons (Fsp3) is 0.238. The highest BCUT2D eigenvalue weighted by atomic mass is 16.6. The molecule has 166 valence electrons. The van der Waals surface area contributed by atoms with Crippen molar-refractivity contribution in [3.8, 4) is 11.5 Å². The van der Waals surface area contributed by atoms with Crippen molar-refractivity contribution in [2.75, 3.05) is 5.32 Å². The van der Waals surface area contributed by atoms with Gasteiger partial charge in [-0.3, -0.25) is 29.7 Å². The van der Waals surface area contributed by atoms with Gasteiger partial charge in [0.1, 0.15) is 29.4 Å². The van der Waals surface area contributed by atoms with Crippen molar-refractivity contribution < 1.29 is 19.4 Å². The quantitative estimate of drug-likeness (QED) is 0.425. The Balaban J connectivity index is 1.84. The van der Waals surface area contributed by atoms with E-state index in [4.69, 9.17) is 4.74 Å². The number of ether oxygens (including phenoxy) is 1. The Kier molecular flexibility index (Phi) is 6.19. The van der Waals surface area contributed by atoms with Gasteiger partial charge in [0.25, 0.3) is 5.69 Å². The monoisotopic (exact) mass is 439 g/mol. The van der Waals surface area contributed by atoms with Crippen molar-refractivity contribution >= 4 is 23.0 Å². The molecule has 0 unspecified atom stereocenters. The van der Waals surface area contributed by atoms with E-state index in [1.807, 2.05) is 19.9 Å². The normalized spacial score (nSPS) is 10.6. The summed E-state index contributed by atoms with van der Waals surface area (Å²) >= 11 is 0. The molecule has 3 aromatic rings. The minimum absolute atomic E-state index is 0.152. The van der Waals surface area contributed by atoms with Crippen LogP contribution in [0.2, 0.25) is 0 Å². The molecule has 0 fully saturated rings. The smallest absolute Gasteiger partial charge is 0.312 e. The molecule has 1 aromatic heterocycles. The topological polar surface area (TPSA) is 142 Å². The van der Waals surface area contributed by atoms with Gasteiger partial charge in [0.15, 0.2) is 0 Å². The number of non-ortho nitro benzene ring substituents is 1. The number of hydrogen-bond acceptors (Lipinski definition) is 7. The van der Waals surface area contributed by atoms with Gasteiger partial charge in [-0.2, -0.15) is 5.10 Å². The van der Waals surface area contributed by atoms with Gasteiger partial charge >= 0.3 is 5.69 Å². The van der Waals surface area contributed by atoms with E-state index < -0.39 is 15.8 Å². The molecule has 0 bridgehead atoms. The van der Waals surface area contributed by atoms with E-state index in [9.17, 15) is 25.0 Å². The molecule has 1 amide bonds. The third-order valence-corrected chi connectivity index (χ3v) is 4.64. The van der Waals surface area contributed by atoms with Crippen LogP contribution in [0.5, 0.6) is 11.5 Å². The number of anilines is 1. The molecule has 1 N–H and O–H groups in total. The average molecular weight is 439 g/mol. The van der Waals surface area contributed by atoms with E-state index in [2.05, 4.69) is 10.4 Å². The number of nitro benzene ring substituents is 1. The van der Waals surface area contributed by atoms with Gasteiger partial charge in [-0.15, -0.1) is 0 Å². The van der Waals surface area contributed by atoms with Crippen LogP contribution in [0.15, 0.2) is 36.4 Å². The van der Waals surface area contributed by atoms with Crippen LogP contribution in [0.3, 0.4) is 0 Å². The van der Waals surface area contributed by atoms with E-state index in [1.165, 1.54) is 36.7 Å². The minimum atomic E-state index is -0.589. The number of rotatable bonds is 7. The maximum atomic E-state index is 12.5. The summed E-state index contributed by atoms with van der Waals surface area (Å²) in [6.45, 7) is 6.49. The number of nitro groups is 2. The number of carbonyl (C=O) groups is 1. The van der Waals surface area contributed by atoms with Gasteiger partial charge in [0, 0.05) is 12.1 Å². The van der Waals surface area contributed by atoms with Crippen LogP contribution >= 0.6 is 0 Å². The molecule has 11 heteroatoms. The maximum absolute atomic E-state index is 12.5. The molecule has 0 aliphatic rings. The molecule has 1 heterocycles. The molecule has 0 saturated carbocycles. The fourth-order valence-electron chi connectivity index (χ4n) is 3.39. The molecular formula is C21H21N5O6. The third-order valence-electron chi connectivity index (χ3n) is 4.64. The highest BCUT2D eigenvalue weighted by Gasteiger charge is 2.23. The number of nitrogens with one attached hydrogen (secondary N) is 1. The summed E-state index contributed by atoms with van der Waals surface area (Å²) in [6.07, 6.45) is 0. The number of carbonyl (C=O) groups excluding carboxylic acids is 1. The number of hydrogen-bond donors (Lipinski definition) is 1. The summed E-state index contributed by atoms with van der Waals surface area (Å²) in [6, 6.07) is 9.48. The second-order valence-electron chi connectivity index (χ2n) is 7.38. The zero-order valence-electron chi connectivity index (χ0n) is 17.9. The molecule has 11 nitrogen and oxygen atoms in total. The summed E-state index contributed by atoms with van der Waals surface area (Å²) in [5.41, 5.74) is 2.11. The van der Waals surface area contributed by atoms with Crippen LogP contribution in [0, 0.1) is 47.9 Å². The van der Waals surface area contributed by atoms with Gasteiger partial charge < -0.3 is 10.1 Å². The Bertz CT molecular complexity index is 1210. The zero-order chi connectivity index (χ0) is 23.6. The highest BCUT2D eigenvalue weighted by Crippen LogP contribution is 2.31. The summed E-state index contributed by atoms with van der Waals surface area (Å²) < 4.78 is 7.00. The Hall–Kier alpha value is -4.28. The first-order valence-corrected chi connectivity index (χ1v) is 9.57. The Labute approximate surface area is 182 Å². The van der Waals surface area contributed by atoms with Gasteiger partial charge in [0.05, 0.1) is 21.6 Å². The van der Waals surface area contributed by atoms with Crippen molar-refractivity contribution in [1.82, 2.24) is 9.78 Å². The van der Waals surface area contributed by atoms with Gasteiger partial charge in [-0.05, 0) is 51.0 Å². The Morgan fingerprint density at radius 3 is 2.16 bits per heavy atom. The van der Waals surface area contributed by atoms with E-state index in [0.717, 1.165) is 11.1 Å². The second kappa shape index (κ2) is 8.84. The first-order chi connectivity index (χ1) is 15.0. The highest BCUT2D eigenvalue weighted by molar-refractivity contribution is 5.91. The molecule has 0 spiro atoms. The third kappa shape index (κ3) is 5.06. The number of amides is 1. The first kappa shape index (κ1) is 22.4. The van der Waals surface area contributed by atoms with Gasteiger partial charge in [0.2, 0.25) is 5.91 Å². The molecule has 32 heavy (non-hydrogen) atoms. The molecule has 0 saturated heterocycles. The maximum Gasteiger partial charge on any atom is 0.312 e. The predicted octanol–water partition coefficient (Wildman–Crippen LogP) is 4.36. The first-order valence-electron chi connectivity index (χ1n) is 9.57. The Morgan fingerprint density at radius 1 is 0.969 bits per heavy atom. The molecule has 0 aliphatic carbocycles. The number of benzene rings is 2. The predicted molar refractivity (Wildman–Crippen MR) is 116 cm³/mol. The zero-order valence-corrected chi connectivity index (χ0v) is 17.9. The summed E-state index contributed by atoms with van der Waals surface area (Å²) in [5.74, 6) is 0.139. The van der Waals surface area contributed by atoms with Gasteiger partial charge in [-0.1, -0.05) is 6.07 Å². The van der Waals surface area contributed by atoms with Crippen LogP contribution in [0.25, 0.3) is 0 Å². The van der Waals surface area contributed by atoms with Crippen LogP contribution in [-0.2, 0) is 11.3 Å². The molecule has 0 atom stereocenters. The van der Waals surface area contributed by atoms with Gasteiger partial charge in [-0.25, -0.2) is 0 Å². The van der Waals surface area contributed by atoms with Crippen molar-refractivity contribution in [1.29, 1.82) is 0 Å². The second-order valence-corrected chi connectivity index (χ2v) is 7.38. The lowest BCUT2D eigenvalue weighted by Crippen LogP contribution is -2.20. The Morgan fingerprint density at radius 2 is 1.59 bits per heavy atom. The van der Waals surface area contributed by atoms with Crippen molar-refractivity contribution in [3.05, 3.63) is 79.1 Å². The largest absolute Gasteiger partial charge is 0.457 e. The van der Waals surface area contributed by atoms with E-state index in [0.29, 0.717) is 5.75 Å². The number of aryl methyl sites for hydroxylation is 3. The standard InChI is InChI=1S/C21H21N5O6/c1-12-5-13(2)7-18(6-12)32-19-9-16(8-17(10-19)25(28)29)22-20(27)11-24-15(4)21(26(30)31)14(3)23-24/h5-10H,11H2,1-4H3,(H,22,27). The average Bonchev–Trinajstić information content (AvgIpc) is 2.93. The van der Waals surface area contributed by atoms with E-state index in [1.54, 1.807) is 12.1 Å². The lowest BCUT2D eigenvalue weighted by atomic mass is 10.1. The molecule has 0 aliphatic heterocycles. The van der Waals surface area contributed by atoms with Crippen LogP contribution in [-0.4, -0.2) is 25.5 Å². The van der Waals surface area contributed by atoms with Crippen molar-refractivity contribution in [2.45, 2.75) is 34.2 Å². The SMILES string of the molecule is Cc1cc(C)cc(Oc2cc(NC(=O)Cn3nc(C)c([N+](=O)[O-])c3C)cc([N+](=O)[O-])c2)c1. The van der Waals surface area contributed by atoms with E-state index in [-0.39, 0.29) is 40.7 Å². The number of aromatic nitrogens is 2. The molecule has 2 aromatic carbocycles. The molecule has 0 radical (unpaired) electrons. The van der Waals surface area contributed by atoms with Crippen molar-refractivity contribution in [3.63, 3.8) is 0 Å². The number of nitrogens with zero attached hydrogens (tertiary/aromatic N) is 4. The lowest BCUT2D eigenvalue weighted by Gasteiger charge is -2.11. The van der Waals surface area contributed by atoms with E-state index >= 15 is 0 Å². The molecule has 3 rings (SSSR count). The summed E-state index contributed by atoms with van der Waals surface area (Å²) in [4.78, 5) is 33.9. The minimum Gasteiger partial charge on any atom is -0.457 e.